The number of rotatable bonds is 10. The summed E-state index contributed by atoms with van der Waals surface area (Å²) in [4.78, 5) is 11.8. The molecule has 0 saturated carbocycles. The van der Waals surface area contributed by atoms with Gasteiger partial charge in [-0.2, -0.15) is 0 Å². The highest BCUT2D eigenvalue weighted by molar-refractivity contribution is 5.79. The van der Waals surface area contributed by atoms with E-state index in [0.717, 1.165) is 12.2 Å². The standard InChI is InChI=1S/C23H26N2O4/c1-2-3-4-5-6-7-16-28-21-12-10-20(11-13-21)25(27)24-19-9-14-22-18(17-19)8-15-23(26)29-22/h8-15,17H,2-7,16H2,1H3. The van der Waals surface area contributed by atoms with Gasteiger partial charge in [0, 0.05) is 28.7 Å². The second-order valence-corrected chi connectivity index (χ2v) is 6.96. The van der Waals surface area contributed by atoms with Crippen LogP contribution in [0.2, 0.25) is 0 Å². The molecule has 0 radical (unpaired) electrons. The van der Waals surface area contributed by atoms with Gasteiger partial charge in [-0.05, 0) is 42.8 Å². The molecule has 0 bridgehead atoms. The largest absolute Gasteiger partial charge is 0.594 e. The smallest absolute Gasteiger partial charge is 0.336 e. The van der Waals surface area contributed by atoms with Crippen molar-refractivity contribution in [2.45, 2.75) is 45.4 Å². The molecule has 0 N–H and O–H groups in total. The zero-order valence-corrected chi connectivity index (χ0v) is 16.7. The fourth-order valence-corrected chi connectivity index (χ4v) is 3.03. The number of nitrogens with zero attached hydrogens (tertiary/aromatic N) is 2. The van der Waals surface area contributed by atoms with E-state index < -0.39 is 5.63 Å². The molecular formula is C23H26N2O4. The highest BCUT2D eigenvalue weighted by Gasteiger charge is 2.06. The normalized spacial score (nSPS) is 11.7. The van der Waals surface area contributed by atoms with Crippen LogP contribution in [0.1, 0.15) is 45.4 Å². The minimum absolute atomic E-state index is 0.411. The second kappa shape index (κ2) is 10.4. The molecule has 1 aromatic heterocycles. The van der Waals surface area contributed by atoms with Crippen LogP contribution < -0.4 is 10.4 Å². The van der Waals surface area contributed by atoms with E-state index in [1.165, 1.54) is 38.2 Å². The molecule has 6 nitrogen and oxygen atoms in total. The van der Waals surface area contributed by atoms with Crippen molar-refractivity contribution in [3.8, 4) is 5.75 Å². The van der Waals surface area contributed by atoms with Crippen LogP contribution in [0.3, 0.4) is 0 Å². The van der Waals surface area contributed by atoms with Crippen LogP contribution in [0.15, 0.2) is 68.9 Å². The summed E-state index contributed by atoms with van der Waals surface area (Å²) >= 11 is 0. The van der Waals surface area contributed by atoms with E-state index in [4.69, 9.17) is 9.15 Å². The molecule has 0 fully saturated rings. The van der Waals surface area contributed by atoms with Gasteiger partial charge < -0.3 is 14.4 Å². The number of azo groups is 1. The van der Waals surface area contributed by atoms with E-state index in [0.29, 0.717) is 33.8 Å². The van der Waals surface area contributed by atoms with Crippen LogP contribution in [0, 0.1) is 5.21 Å². The van der Waals surface area contributed by atoms with E-state index >= 15 is 0 Å². The van der Waals surface area contributed by atoms with Crippen molar-refractivity contribution in [2.75, 3.05) is 6.61 Å². The van der Waals surface area contributed by atoms with Crippen molar-refractivity contribution in [2.24, 2.45) is 5.11 Å². The number of hydrogen-bond donors (Lipinski definition) is 0. The Morgan fingerprint density at radius 3 is 2.52 bits per heavy atom. The van der Waals surface area contributed by atoms with Gasteiger partial charge in [-0.15, -0.1) is 0 Å². The topological polar surface area (TPSA) is 77.9 Å². The van der Waals surface area contributed by atoms with Crippen molar-refractivity contribution in [1.82, 2.24) is 0 Å². The van der Waals surface area contributed by atoms with Gasteiger partial charge in [0.1, 0.15) is 17.0 Å². The Labute approximate surface area is 170 Å². The molecular weight excluding hydrogens is 368 g/mol. The van der Waals surface area contributed by atoms with E-state index in [2.05, 4.69) is 12.0 Å². The van der Waals surface area contributed by atoms with Gasteiger partial charge in [0.05, 0.1) is 6.61 Å². The number of hydrogen-bond acceptors (Lipinski definition) is 5. The molecule has 0 saturated heterocycles. The third-order valence-electron chi connectivity index (χ3n) is 4.63. The number of benzene rings is 2. The maximum absolute atomic E-state index is 12.3. The molecule has 2 aromatic carbocycles. The molecule has 0 amide bonds. The van der Waals surface area contributed by atoms with Crippen molar-refractivity contribution in [3.05, 3.63) is 70.2 Å². The quantitative estimate of drug-likeness (QED) is 0.130. The molecule has 3 aromatic rings. The fourth-order valence-electron chi connectivity index (χ4n) is 3.03. The van der Waals surface area contributed by atoms with Gasteiger partial charge in [-0.25, -0.2) is 4.79 Å². The summed E-state index contributed by atoms with van der Waals surface area (Å²) in [7, 11) is 0. The summed E-state index contributed by atoms with van der Waals surface area (Å²) in [5.74, 6) is 0.747. The Morgan fingerprint density at radius 2 is 1.72 bits per heavy atom. The summed E-state index contributed by atoms with van der Waals surface area (Å²) in [5, 5.41) is 17.1. The van der Waals surface area contributed by atoms with Crippen LogP contribution in [0.25, 0.3) is 11.0 Å². The van der Waals surface area contributed by atoms with Gasteiger partial charge in [0.2, 0.25) is 5.69 Å². The average Bonchev–Trinajstić information content (AvgIpc) is 2.73. The van der Waals surface area contributed by atoms with Gasteiger partial charge >= 0.3 is 5.63 Å². The maximum atomic E-state index is 12.3. The zero-order chi connectivity index (χ0) is 20.5. The van der Waals surface area contributed by atoms with Crippen molar-refractivity contribution in [1.29, 1.82) is 0 Å². The minimum atomic E-state index is -0.411. The molecule has 0 aliphatic rings. The van der Waals surface area contributed by atoms with E-state index in [1.807, 2.05) is 0 Å². The molecule has 3 rings (SSSR count). The fraction of sp³-hybridized carbons (Fsp3) is 0.348. The van der Waals surface area contributed by atoms with Gasteiger partial charge in [0.15, 0.2) is 0 Å². The lowest BCUT2D eigenvalue weighted by molar-refractivity contribution is -0.435. The lowest BCUT2D eigenvalue weighted by Crippen LogP contribution is -1.97. The van der Waals surface area contributed by atoms with Gasteiger partial charge in [-0.3, -0.25) is 0 Å². The molecule has 0 aliphatic heterocycles. The summed E-state index contributed by atoms with van der Waals surface area (Å²) in [5.41, 5.74) is 0.938. The summed E-state index contributed by atoms with van der Waals surface area (Å²) in [6, 6.07) is 14.9. The second-order valence-electron chi connectivity index (χ2n) is 6.96. The maximum Gasteiger partial charge on any atom is 0.336 e. The Morgan fingerprint density at radius 1 is 0.966 bits per heavy atom. The van der Waals surface area contributed by atoms with Crippen LogP contribution in [-0.4, -0.2) is 11.5 Å². The number of unbranched alkanes of at least 4 members (excludes halogenated alkanes) is 5. The van der Waals surface area contributed by atoms with E-state index in [-0.39, 0.29) is 0 Å². The van der Waals surface area contributed by atoms with Crippen molar-refractivity contribution >= 4 is 22.3 Å². The van der Waals surface area contributed by atoms with Crippen LogP contribution in [0.5, 0.6) is 5.75 Å². The summed E-state index contributed by atoms with van der Waals surface area (Å²) in [6.07, 6.45) is 7.32. The summed E-state index contributed by atoms with van der Waals surface area (Å²) < 4.78 is 10.8. The first-order valence-corrected chi connectivity index (χ1v) is 10.1. The predicted octanol–water partition coefficient (Wildman–Crippen LogP) is 6.46. The molecule has 29 heavy (non-hydrogen) atoms. The van der Waals surface area contributed by atoms with Crippen LogP contribution in [0.4, 0.5) is 11.4 Å². The highest BCUT2D eigenvalue weighted by Crippen LogP contribution is 2.23. The van der Waals surface area contributed by atoms with Crippen molar-refractivity contribution < 1.29 is 14.0 Å². The SMILES string of the molecule is CCCCCCCCOc1ccc([N+]([O-])=Nc2ccc3oc(=O)ccc3c2)cc1. The molecule has 152 valence electrons. The molecule has 0 aliphatic carbocycles. The summed E-state index contributed by atoms with van der Waals surface area (Å²) in [6.45, 7) is 2.90. The highest BCUT2D eigenvalue weighted by atomic mass is 16.5. The molecule has 0 unspecified atom stereocenters. The zero-order valence-electron chi connectivity index (χ0n) is 16.7. The Balaban J connectivity index is 1.56. The molecule has 0 atom stereocenters. The molecule has 6 heteroatoms. The molecule has 0 spiro atoms. The first kappa shape index (κ1) is 20.6. The Hall–Kier alpha value is -3.15. The van der Waals surface area contributed by atoms with Gasteiger partial charge in [-0.1, -0.05) is 43.9 Å². The van der Waals surface area contributed by atoms with E-state index in [1.54, 1.807) is 48.5 Å². The first-order chi connectivity index (χ1) is 14.2. The molecule has 1 heterocycles. The van der Waals surface area contributed by atoms with Crippen molar-refractivity contribution in [3.63, 3.8) is 0 Å². The Bertz CT molecular complexity index is 1010. The lowest BCUT2D eigenvalue weighted by atomic mass is 10.1. The monoisotopic (exact) mass is 394 g/mol. The lowest BCUT2D eigenvalue weighted by Gasteiger charge is -2.06. The number of ether oxygens (including phenoxy) is 1. The van der Waals surface area contributed by atoms with E-state index in [9.17, 15) is 10.0 Å². The third kappa shape index (κ3) is 6.17. The third-order valence-corrected chi connectivity index (χ3v) is 4.63. The number of fused-ring (bicyclic) bond motifs is 1. The average molecular weight is 394 g/mol. The minimum Gasteiger partial charge on any atom is -0.594 e. The van der Waals surface area contributed by atoms with Gasteiger partial charge in [0.25, 0.3) is 0 Å². The van der Waals surface area contributed by atoms with Crippen LogP contribution >= 0.6 is 0 Å². The predicted molar refractivity (Wildman–Crippen MR) is 113 cm³/mol. The Kier molecular flexibility index (Phi) is 7.39. The first-order valence-electron chi connectivity index (χ1n) is 10.1. The van der Waals surface area contributed by atoms with Crippen LogP contribution in [-0.2, 0) is 0 Å².